The summed E-state index contributed by atoms with van der Waals surface area (Å²) in [5.74, 6) is -0.398. The Kier molecular flexibility index (Phi) is 2.50. The van der Waals surface area contributed by atoms with Crippen LogP contribution in [-0.4, -0.2) is 11.6 Å². The molecular weight excluding hydrogens is 206 g/mol. The van der Waals surface area contributed by atoms with E-state index in [4.69, 9.17) is 9.68 Å². The van der Waals surface area contributed by atoms with Crippen LogP contribution < -0.4 is 11.1 Å². The average Bonchev–Trinajstić information content (AvgIpc) is 2.56. The molecule has 82 valence electrons. The number of fused-ring (bicyclic) bond motifs is 1. The van der Waals surface area contributed by atoms with Crippen molar-refractivity contribution in [2.45, 2.75) is 6.04 Å². The summed E-state index contributed by atoms with van der Waals surface area (Å²) < 4.78 is 6.48. The minimum absolute atomic E-state index is 0.394. The van der Waals surface area contributed by atoms with E-state index in [2.05, 4.69) is 11.4 Å². The van der Waals surface area contributed by atoms with E-state index in [0.717, 1.165) is 11.1 Å². The second kappa shape index (κ2) is 3.83. The van der Waals surface area contributed by atoms with Gasteiger partial charge in [0.15, 0.2) is 5.58 Å². The number of rotatable bonds is 2. The molecule has 1 aromatic heterocycles. The molecule has 1 N–H and O–H groups in total. The molecule has 5 heteroatoms. The highest BCUT2D eigenvalue weighted by atomic mass is 16.4. The number of aromatic nitrogens is 1. The van der Waals surface area contributed by atoms with Gasteiger partial charge < -0.3 is 9.73 Å². The highest BCUT2D eigenvalue weighted by Gasteiger charge is 2.11. The van der Waals surface area contributed by atoms with Crippen LogP contribution in [0.5, 0.6) is 0 Å². The topological polar surface area (TPSA) is 71.0 Å². The summed E-state index contributed by atoms with van der Waals surface area (Å²) in [4.78, 5) is 11.3. The third-order valence-electron chi connectivity index (χ3n) is 2.57. The molecular formula is C11H11N3O2. The standard InChI is InChI=1S/C11H11N3O2/c1-13-8(6-12)7-3-4-9-10(5-7)16-11(15)14(9)2/h3-5,8,13H,1-2H3. The summed E-state index contributed by atoms with van der Waals surface area (Å²) in [6.07, 6.45) is 0. The predicted octanol–water partition coefficient (Wildman–Crippen LogP) is 0.916. The highest BCUT2D eigenvalue weighted by Crippen LogP contribution is 2.18. The highest BCUT2D eigenvalue weighted by molar-refractivity contribution is 5.73. The number of benzene rings is 1. The SMILES string of the molecule is CNC(C#N)c1ccc2c(c1)oc(=O)n2C. The van der Waals surface area contributed by atoms with E-state index in [1.807, 2.05) is 6.07 Å². The smallest absolute Gasteiger partial charge is 0.408 e. The molecule has 0 fully saturated rings. The summed E-state index contributed by atoms with van der Waals surface area (Å²) in [6.45, 7) is 0. The summed E-state index contributed by atoms with van der Waals surface area (Å²) in [6, 6.07) is 7.01. The fourth-order valence-corrected chi connectivity index (χ4v) is 1.64. The normalized spacial score (nSPS) is 12.6. The van der Waals surface area contributed by atoms with Crippen molar-refractivity contribution in [1.82, 2.24) is 9.88 Å². The number of oxazole rings is 1. The fraction of sp³-hybridized carbons (Fsp3) is 0.273. The first-order valence-corrected chi connectivity index (χ1v) is 4.83. The van der Waals surface area contributed by atoms with Gasteiger partial charge in [0.2, 0.25) is 0 Å². The molecule has 0 saturated heterocycles. The first kappa shape index (κ1) is 10.5. The van der Waals surface area contributed by atoms with Crippen LogP contribution in [0.2, 0.25) is 0 Å². The van der Waals surface area contributed by atoms with Gasteiger partial charge in [-0.25, -0.2) is 4.79 Å². The van der Waals surface area contributed by atoms with Crippen LogP contribution in [0.1, 0.15) is 11.6 Å². The second-order valence-corrected chi connectivity index (χ2v) is 3.50. The van der Waals surface area contributed by atoms with Gasteiger partial charge in [-0.05, 0) is 24.7 Å². The van der Waals surface area contributed by atoms with Crippen molar-refractivity contribution in [3.05, 3.63) is 34.3 Å². The van der Waals surface area contributed by atoms with Crippen molar-refractivity contribution < 1.29 is 4.42 Å². The van der Waals surface area contributed by atoms with Gasteiger partial charge in [-0.2, -0.15) is 5.26 Å². The van der Waals surface area contributed by atoms with E-state index in [-0.39, 0.29) is 0 Å². The average molecular weight is 217 g/mol. The lowest BCUT2D eigenvalue weighted by atomic mass is 10.1. The third-order valence-corrected chi connectivity index (χ3v) is 2.57. The Morgan fingerprint density at radius 2 is 2.31 bits per heavy atom. The molecule has 1 atom stereocenters. The number of aryl methyl sites for hydroxylation is 1. The number of hydrogen-bond donors (Lipinski definition) is 1. The lowest BCUT2D eigenvalue weighted by Crippen LogP contribution is -2.13. The minimum atomic E-state index is -0.398. The lowest BCUT2D eigenvalue weighted by Gasteiger charge is -2.06. The molecule has 0 bridgehead atoms. The Balaban J connectivity index is 2.61. The monoisotopic (exact) mass is 217 g/mol. The Labute approximate surface area is 91.9 Å². The van der Waals surface area contributed by atoms with Crippen molar-refractivity contribution in [2.24, 2.45) is 7.05 Å². The molecule has 0 saturated carbocycles. The van der Waals surface area contributed by atoms with E-state index < -0.39 is 11.8 Å². The molecule has 0 aliphatic heterocycles. The molecule has 0 radical (unpaired) electrons. The molecule has 1 heterocycles. The first-order valence-electron chi connectivity index (χ1n) is 4.83. The van der Waals surface area contributed by atoms with Crippen LogP contribution in [-0.2, 0) is 7.05 Å². The van der Waals surface area contributed by atoms with Gasteiger partial charge in [0.1, 0.15) is 6.04 Å². The van der Waals surface area contributed by atoms with Gasteiger partial charge in [0.05, 0.1) is 11.6 Å². The Hall–Kier alpha value is -2.06. The number of nitrogens with one attached hydrogen (secondary N) is 1. The van der Waals surface area contributed by atoms with Crippen LogP contribution in [0.3, 0.4) is 0 Å². The van der Waals surface area contributed by atoms with Crippen molar-refractivity contribution >= 4 is 11.1 Å². The van der Waals surface area contributed by atoms with Crippen LogP contribution >= 0.6 is 0 Å². The molecule has 0 aliphatic carbocycles. The maximum Gasteiger partial charge on any atom is 0.419 e. The summed E-state index contributed by atoms with van der Waals surface area (Å²) in [7, 11) is 3.35. The van der Waals surface area contributed by atoms with Crippen LogP contribution in [0, 0.1) is 11.3 Å². The van der Waals surface area contributed by atoms with E-state index in [1.54, 1.807) is 26.2 Å². The maximum atomic E-state index is 11.3. The number of hydrogen-bond acceptors (Lipinski definition) is 4. The maximum absolute atomic E-state index is 11.3. The third kappa shape index (κ3) is 1.49. The molecule has 0 amide bonds. The molecule has 5 nitrogen and oxygen atoms in total. The molecule has 2 rings (SSSR count). The van der Waals surface area contributed by atoms with Gasteiger partial charge in [-0.1, -0.05) is 6.07 Å². The summed E-state index contributed by atoms with van der Waals surface area (Å²) in [5, 5.41) is 11.8. The van der Waals surface area contributed by atoms with E-state index in [0.29, 0.717) is 5.58 Å². The quantitative estimate of drug-likeness (QED) is 0.811. The molecule has 1 aromatic carbocycles. The van der Waals surface area contributed by atoms with Gasteiger partial charge >= 0.3 is 5.76 Å². The Bertz CT molecular complexity index is 618. The predicted molar refractivity (Wildman–Crippen MR) is 58.9 cm³/mol. The van der Waals surface area contributed by atoms with Crippen LogP contribution in [0.15, 0.2) is 27.4 Å². The fourth-order valence-electron chi connectivity index (χ4n) is 1.64. The zero-order valence-electron chi connectivity index (χ0n) is 9.02. The number of nitriles is 1. The zero-order chi connectivity index (χ0) is 11.7. The van der Waals surface area contributed by atoms with E-state index >= 15 is 0 Å². The molecule has 0 aliphatic rings. The van der Waals surface area contributed by atoms with Crippen LogP contribution in [0.25, 0.3) is 11.1 Å². The zero-order valence-corrected chi connectivity index (χ0v) is 9.02. The largest absolute Gasteiger partial charge is 0.419 e. The Morgan fingerprint density at radius 3 is 2.94 bits per heavy atom. The van der Waals surface area contributed by atoms with Gasteiger partial charge in [0.25, 0.3) is 0 Å². The molecule has 1 unspecified atom stereocenters. The molecule has 2 aromatic rings. The first-order chi connectivity index (χ1) is 7.67. The van der Waals surface area contributed by atoms with Gasteiger partial charge in [-0.3, -0.25) is 4.57 Å². The summed E-state index contributed by atoms with van der Waals surface area (Å²) in [5.41, 5.74) is 2.01. The second-order valence-electron chi connectivity index (χ2n) is 3.50. The van der Waals surface area contributed by atoms with E-state index in [1.165, 1.54) is 4.57 Å². The molecule has 16 heavy (non-hydrogen) atoms. The van der Waals surface area contributed by atoms with Gasteiger partial charge in [-0.15, -0.1) is 0 Å². The minimum Gasteiger partial charge on any atom is -0.408 e. The summed E-state index contributed by atoms with van der Waals surface area (Å²) >= 11 is 0. The van der Waals surface area contributed by atoms with Crippen molar-refractivity contribution in [3.8, 4) is 6.07 Å². The van der Waals surface area contributed by atoms with E-state index in [9.17, 15) is 4.79 Å². The Morgan fingerprint density at radius 1 is 1.56 bits per heavy atom. The van der Waals surface area contributed by atoms with Crippen molar-refractivity contribution in [3.63, 3.8) is 0 Å². The van der Waals surface area contributed by atoms with Crippen LogP contribution in [0.4, 0.5) is 0 Å². The lowest BCUT2D eigenvalue weighted by molar-refractivity contribution is 0.527. The van der Waals surface area contributed by atoms with Crippen molar-refractivity contribution in [2.75, 3.05) is 7.05 Å². The van der Waals surface area contributed by atoms with Gasteiger partial charge in [0, 0.05) is 7.05 Å². The number of nitrogens with zero attached hydrogens (tertiary/aromatic N) is 2. The van der Waals surface area contributed by atoms with Crippen molar-refractivity contribution in [1.29, 1.82) is 5.26 Å². The molecule has 0 spiro atoms.